The fourth-order valence-corrected chi connectivity index (χ4v) is 0. The van der Waals surface area contributed by atoms with E-state index in [0.717, 1.165) is 0 Å². The molecule has 0 rings (SSSR count). The molecule has 0 unspecified atom stereocenters. The van der Waals surface area contributed by atoms with E-state index in [1.165, 1.54) is 0 Å². The molecule has 0 amide bonds. The molecule has 0 aromatic rings. The quantitative estimate of drug-likeness (QED) is 0.459. The van der Waals surface area contributed by atoms with E-state index in [2.05, 4.69) is 0 Å². The van der Waals surface area contributed by atoms with Crippen LogP contribution in [-0.4, -0.2) is 30.6 Å². The van der Waals surface area contributed by atoms with Crippen molar-refractivity contribution in [3.05, 3.63) is 0 Å². The van der Waals surface area contributed by atoms with E-state index in [4.69, 9.17) is 46.4 Å². The van der Waals surface area contributed by atoms with E-state index in [0.29, 0.717) is 0 Å². The molecule has 6 heavy (non-hydrogen) atoms. The zero-order valence-corrected chi connectivity index (χ0v) is 9.42. The first-order valence-corrected chi connectivity index (χ1v) is 2.27. The molecular formula is CCl4Pb. The van der Waals surface area contributed by atoms with E-state index >= 15 is 0 Å². The Morgan fingerprint density at radius 2 is 0.833 bits per heavy atom. The Balaban J connectivity index is 0. The topological polar surface area (TPSA) is 0 Å². The van der Waals surface area contributed by atoms with Gasteiger partial charge in [0.25, 0.3) is 3.25 Å². The maximum Gasteiger partial charge on any atom is 0.266 e. The zero-order chi connectivity index (χ0) is 4.50. The van der Waals surface area contributed by atoms with Crippen LogP contribution in [-0.2, 0) is 0 Å². The minimum absolute atomic E-state index is 0. The maximum absolute atomic E-state index is 4.83. The SMILES string of the molecule is ClC(Cl)(Cl)Cl.[Pb]. The summed E-state index contributed by atoms with van der Waals surface area (Å²) in [5.41, 5.74) is 0. The fraction of sp³-hybridized carbons (Fsp3) is 1.00. The zero-order valence-electron chi connectivity index (χ0n) is 2.51. The van der Waals surface area contributed by atoms with Crippen molar-refractivity contribution in [1.29, 1.82) is 0 Å². The Morgan fingerprint density at radius 3 is 0.833 bits per heavy atom. The fourth-order valence-electron chi connectivity index (χ4n) is 0. The molecule has 0 spiro atoms. The van der Waals surface area contributed by atoms with Crippen LogP contribution in [0.25, 0.3) is 0 Å². The summed E-state index contributed by atoms with van der Waals surface area (Å²) >= 11 is 19.3. The molecule has 0 bridgehead atoms. The van der Waals surface area contributed by atoms with Crippen molar-refractivity contribution in [1.82, 2.24) is 0 Å². The van der Waals surface area contributed by atoms with Gasteiger partial charge in [0.15, 0.2) is 0 Å². The Bertz CT molecular complexity index is 23.0. The summed E-state index contributed by atoms with van der Waals surface area (Å²) in [7, 11) is 0. The van der Waals surface area contributed by atoms with Gasteiger partial charge in [-0.25, -0.2) is 0 Å². The largest absolute Gasteiger partial charge is 0.266 e. The summed E-state index contributed by atoms with van der Waals surface area (Å²) in [6.45, 7) is 0. The molecule has 5 heteroatoms. The van der Waals surface area contributed by atoms with Gasteiger partial charge in [0.05, 0.1) is 0 Å². The second kappa shape index (κ2) is 4.01. The van der Waals surface area contributed by atoms with Gasteiger partial charge in [0.2, 0.25) is 0 Å². The van der Waals surface area contributed by atoms with Crippen LogP contribution >= 0.6 is 46.4 Å². The molecule has 0 saturated carbocycles. The van der Waals surface area contributed by atoms with Crippen molar-refractivity contribution in [2.45, 2.75) is 3.25 Å². The van der Waals surface area contributed by atoms with Gasteiger partial charge >= 0.3 is 0 Å². The number of hydrogen-bond donors (Lipinski definition) is 0. The van der Waals surface area contributed by atoms with E-state index in [1.54, 1.807) is 0 Å². The minimum Gasteiger partial charge on any atom is -0.0664 e. The van der Waals surface area contributed by atoms with Crippen LogP contribution in [0.15, 0.2) is 0 Å². The average Bonchev–Trinajstić information content (AvgIpc) is 0.722. The summed E-state index contributed by atoms with van der Waals surface area (Å²) in [5.74, 6) is 0. The van der Waals surface area contributed by atoms with Gasteiger partial charge in [-0.2, -0.15) is 0 Å². The van der Waals surface area contributed by atoms with Gasteiger partial charge in [-0.15, -0.1) is 0 Å². The molecular weight excluding hydrogens is 361 g/mol. The summed E-state index contributed by atoms with van der Waals surface area (Å²) in [5, 5.41) is 0. The van der Waals surface area contributed by atoms with Gasteiger partial charge in [0.1, 0.15) is 0 Å². The van der Waals surface area contributed by atoms with Gasteiger partial charge in [-0.3, -0.25) is 0 Å². The Hall–Kier alpha value is 2.08. The van der Waals surface area contributed by atoms with E-state index in [-0.39, 0.29) is 27.3 Å². The molecule has 0 nitrogen and oxygen atoms in total. The van der Waals surface area contributed by atoms with Crippen LogP contribution in [0.2, 0.25) is 0 Å². The monoisotopic (exact) mass is 360 g/mol. The van der Waals surface area contributed by atoms with Crippen LogP contribution < -0.4 is 0 Å². The van der Waals surface area contributed by atoms with Crippen LogP contribution in [0.4, 0.5) is 0 Å². The third kappa shape index (κ3) is 36.2. The van der Waals surface area contributed by atoms with Crippen molar-refractivity contribution in [2.75, 3.05) is 0 Å². The number of halogens is 4. The van der Waals surface area contributed by atoms with Crippen LogP contribution in [0, 0.1) is 0 Å². The van der Waals surface area contributed by atoms with Gasteiger partial charge in [-0.1, -0.05) is 46.4 Å². The standard InChI is InChI=1S/CCl4.Pb/c2-1(3,4)5;. The Morgan fingerprint density at radius 1 is 0.833 bits per heavy atom. The Kier molecular flexibility index (Phi) is 7.33. The van der Waals surface area contributed by atoms with Crippen molar-refractivity contribution in [3.63, 3.8) is 0 Å². The summed E-state index contributed by atoms with van der Waals surface area (Å²) in [6, 6.07) is 0. The molecule has 0 atom stereocenters. The van der Waals surface area contributed by atoms with E-state index in [9.17, 15) is 0 Å². The third-order valence-electron chi connectivity index (χ3n) is 0. The first-order chi connectivity index (χ1) is 2.00. The normalized spacial score (nSPS) is 10.0. The predicted octanol–water partition coefficient (Wildman–Crippen LogP) is 2.17. The molecule has 0 aromatic heterocycles. The average molecular weight is 361 g/mol. The molecule has 0 aromatic carbocycles. The van der Waals surface area contributed by atoms with Crippen molar-refractivity contribution < 1.29 is 0 Å². The number of rotatable bonds is 0. The van der Waals surface area contributed by atoms with Gasteiger partial charge in [0, 0.05) is 27.3 Å². The smallest absolute Gasteiger partial charge is 0.0664 e. The summed E-state index contributed by atoms with van der Waals surface area (Å²) in [6.07, 6.45) is 0. The van der Waals surface area contributed by atoms with E-state index in [1.807, 2.05) is 0 Å². The molecule has 0 N–H and O–H groups in total. The molecule has 4 radical (unpaired) electrons. The first kappa shape index (κ1) is 11.0. The van der Waals surface area contributed by atoms with Gasteiger partial charge < -0.3 is 0 Å². The second-order valence-corrected chi connectivity index (χ2v) is 3.86. The molecule has 0 heterocycles. The molecule has 36 valence electrons. The number of hydrogen-bond acceptors (Lipinski definition) is 0. The minimum atomic E-state index is -1.61. The Labute approximate surface area is 76.2 Å². The summed E-state index contributed by atoms with van der Waals surface area (Å²) < 4.78 is -1.61. The van der Waals surface area contributed by atoms with Crippen molar-refractivity contribution in [2.24, 2.45) is 0 Å². The molecule has 0 aliphatic carbocycles. The summed E-state index contributed by atoms with van der Waals surface area (Å²) in [4.78, 5) is 0. The number of alkyl halides is 4. The van der Waals surface area contributed by atoms with Crippen molar-refractivity contribution >= 4 is 73.7 Å². The van der Waals surface area contributed by atoms with Gasteiger partial charge in [-0.05, 0) is 0 Å². The third-order valence-corrected chi connectivity index (χ3v) is 0. The van der Waals surface area contributed by atoms with Crippen LogP contribution in [0.5, 0.6) is 0 Å². The maximum atomic E-state index is 4.83. The molecule has 0 saturated heterocycles. The molecule has 0 aliphatic rings. The second-order valence-electron chi connectivity index (χ2n) is 0.429. The molecule has 0 fully saturated rings. The predicted molar refractivity (Wildman–Crippen MR) is 31.9 cm³/mol. The van der Waals surface area contributed by atoms with Crippen molar-refractivity contribution in [3.8, 4) is 0 Å². The first-order valence-electron chi connectivity index (χ1n) is 0.756. The van der Waals surface area contributed by atoms with E-state index < -0.39 is 3.25 Å². The van der Waals surface area contributed by atoms with Crippen LogP contribution in [0.1, 0.15) is 0 Å². The van der Waals surface area contributed by atoms with Crippen LogP contribution in [0.3, 0.4) is 0 Å². The molecule has 0 aliphatic heterocycles.